The van der Waals surface area contributed by atoms with Crippen molar-refractivity contribution in [2.24, 2.45) is 5.92 Å². The molecule has 0 saturated carbocycles. The fourth-order valence-corrected chi connectivity index (χ4v) is 4.62. The van der Waals surface area contributed by atoms with E-state index in [-0.39, 0.29) is 23.8 Å². The fourth-order valence-electron chi connectivity index (χ4n) is 4.62. The quantitative estimate of drug-likeness (QED) is 0.725. The largest absolute Gasteiger partial charge is 0.488 e. The Balaban J connectivity index is 1.25. The number of benzene rings is 1. The van der Waals surface area contributed by atoms with Gasteiger partial charge < -0.3 is 23.6 Å². The number of carbonyl (C=O) groups excluding carboxylic acids is 1. The molecule has 2 aromatic rings. The van der Waals surface area contributed by atoms with Gasteiger partial charge >= 0.3 is 0 Å². The van der Waals surface area contributed by atoms with Crippen molar-refractivity contribution < 1.29 is 23.5 Å². The standard InChI is InChI=1S/C23H29N3O5/c27-23(17-8-13-29-14-9-17)26-10-5-18(15-26)30-20-4-2-1-3-19(20)22-24-21(25-31-22)16-6-11-28-12-7-16/h1-4,16-18H,5-15H2. The lowest BCUT2D eigenvalue weighted by Gasteiger charge is -2.26. The highest BCUT2D eigenvalue weighted by Gasteiger charge is 2.33. The number of rotatable bonds is 5. The number of amides is 1. The van der Waals surface area contributed by atoms with Crippen LogP contribution in [0.1, 0.15) is 43.8 Å². The lowest BCUT2D eigenvalue weighted by Crippen LogP contribution is -2.38. The molecule has 3 aliphatic rings. The Morgan fingerprint density at radius 3 is 2.55 bits per heavy atom. The minimum atomic E-state index is -0.0391. The molecule has 3 saturated heterocycles. The first-order valence-corrected chi connectivity index (χ1v) is 11.3. The second-order valence-corrected chi connectivity index (χ2v) is 8.54. The van der Waals surface area contributed by atoms with Gasteiger partial charge in [-0.1, -0.05) is 17.3 Å². The molecule has 8 heteroatoms. The first-order valence-electron chi connectivity index (χ1n) is 11.3. The van der Waals surface area contributed by atoms with Gasteiger partial charge in [-0.15, -0.1) is 0 Å². The highest BCUT2D eigenvalue weighted by Crippen LogP contribution is 2.33. The molecule has 0 N–H and O–H groups in total. The molecule has 1 amide bonds. The third-order valence-electron chi connectivity index (χ3n) is 6.47. The van der Waals surface area contributed by atoms with E-state index in [9.17, 15) is 4.79 Å². The molecule has 1 aromatic carbocycles. The van der Waals surface area contributed by atoms with Crippen LogP contribution in [-0.4, -0.2) is 66.6 Å². The lowest BCUT2D eigenvalue weighted by atomic mass is 9.99. The van der Waals surface area contributed by atoms with E-state index in [4.69, 9.17) is 18.7 Å². The maximum Gasteiger partial charge on any atom is 0.261 e. The Labute approximate surface area is 181 Å². The molecule has 31 heavy (non-hydrogen) atoms. The van der Waals surface area contributed by atoms with Crippen molar-refractivity contribution in [2.45, 2.75) is 44.1 Å². The summed E-state index contributed by atoms with van der Waals surface area (Å²) in [5.74, 6) is 2.53. The molecule has 1 aromatic heterocycles. The third-order valence-corrected chi connectivity index (χ3v) is 6.47. The number of hydrogen-bond acceptors (Lipinski definition) is 7. The predicted octanol–water partition coefficient (Wildman–Crippen LogP) is 3.04. The van der Waals surface area contributed by atoms with Crippen molar-refractivity contribution in [1.29, 1.82) is 0 Å². The molecular formula is C23H29N3O5. The van der Waals surface area contributed by atoms with E-state index in [1.54, 1.807) is 0 Å². The third kappa shape index (κ3) is 4.60. The van der Waals surface area contributed by atoms with Crippen molar-refractivity contribution in [1.82, 2.24) is 15.0 Å². The fraction of sp³-hybridized carbons (Fsp3) is 0.609. The number of likely N-dealkylation sites (tertiary alicyclic amines) is 1. The smallest absolute Gasteiger partial charge is 0.261 e. The zero-order chi connectivity index (χ0) is 21.0. The Morgan fingerprint density at radius 2 is 1.74 bits per heavy atom. The average Bonchev–Trinajstić information content (AvgIpc) is 3.50. The van der Waals surface area contributed by atoms with Crippen LogP contribution in [0.25, 0.3) is 11.5 Å². The first kappa shape index (κ1) is 20.5. The van der Waals surface area contributed by atoms with Crippen LogP contribution >= 0.6 is 0 Å². The maximum atomic E-state index is 12.8. The second kappa shape index (κ2) is 9.36. The van der Waals surface area contributed by atoms with Gasteiger partial charge in [0.15, 0.2) is 5.82 Å². The van der Waals surface area contributed by atoms with Crippen molar-refractivity contribution in [3.05, 3.63) is 30.1 Å². The summed E-state index contributed by atoms with van der Waals surface area (Å²) in [7, 11) is 0. The minimum Gasteiger partial charge on any atom is -0.488 e. The first-order chi connectivity index (χ1) is 15.3. The van der Waals surface area contributed by atoms with Gasteiger partial charge in [0.25, 0.3) is 5.89 Å². The zero-order valence-electron chi connectivity index (χ0n) is 17.7. The van der Waals surface area contributed by atoms with Crippen molar-refractivity contribution in [3.63, 3.8) is 0 Å². The molecule has 166 valence electrons. The molecule has 5 rings (SSSR count). The van der Waals surface area contributed by atoms with Gasteiger partial charge in [-0.05, 0) is 37.8 Å². The van der Waals surface area contributed by atoms with Crippen LogP contribution in [0.15, 0.2) is 28.8 Å². The van der Waals surface area contributed by atoms with Gasteiger partial charge in [0.2, 0.25) is 5.91 Å². The van der Waals surface area contributed by atoms with Crippen LogP contribution in [0.4, 0.5) is 0 Å². The molecular weight excluding hydrogens is 398 g/mol. The van der Waals surface area contributed by atoms with E-state index < -0.39 is 0 Å². The van der Waals surface area contributed by atoms with Gasteiger partial charge in [-0.2, -0.15) is 4.98 Å². The molecule has 3 aliphatic heterocycles. The summed E-state index contributed by atoms with van der Waals surface area (Å²) < 4.78 is 22.7. The van der Waals surface area contributed by atoms with Crippen LogP contribution < -0.4 is 4.74 Å². The van der Waals surface area contributed by atoms with E-state index in [1.165, 1.54) is 0 Å². The van der Waals surface area contributed by atoms with Crippen molar-refractivity contribution in [2.75, 3.05) is 39.5 Å². The van der Waals surface area contributed by atoms with Crippen LogP contribution in [0.5, 0.6) is 5.75 Å². The van der Waals surface area contributed by atoms with Gasteiger partial charge in [0, 0.05) is 51.2 Å². The summed E-state index contributed by atoms with van der Waals surface area (Å²) in [5.41, 5.74) is 0.794. The number of carbonyl (C=O) groups is 1. The Bertz CT molecular complexity index is 889. The molecule has 8 nitrogen and oxygen atoms in total. The summed E-state index contributed by atoms with van der Waals surface area (Å²) in [5, 5.41) is 4.22. The molecule has 4 heterocycles. The molecule has 0 spiro atoms. The number of aromatic nitrogens is 2. The van der Waals surface area contributed by atoms with E-state index in [1.807, 2.05) is 29.2 Å². The van der Waals surface area contributed by atoms with E-state index in [2.05, 4.69) is 10.1 Å². The second-order valence-electron chi connectivity index (χ2n) is 8.54. The molecule has 3 fully saturated rings. The van der Waals surface area contributed by atoms with Crippen molar-refractivity contribution >= 4 is 5.91 Å². The van der Waals surface area contributed by atoms with Crippen LogP contribution in [0.2, 0.25) is 0 Å². The highest BCUT2D eigenvalue weighted by molar-refractivity contribution is 5.79. The van der Waals surface area contributed by atoms with E-state index in [0.29, 0.717) is 25.6 Å². The van der Waals surface area contributed by atoms with E-state index in [0.717, 1.165) is 69.0 Å². The SMILES string of the molecule is O=C(C1CCOCC1)N1CCC(Oc2ccccc2-c2nc(C3CCOCC3)no2)C1. The van der Waals surface area contributed by atoms with Gasteiger partial charge in [-0.25, -0.2) is 0 Å². The number of nitrogens with zero attached hydrogens (tertiary/aromatic N) is 3. The van der Waals surface area contributed by atoms with Crippen molar-refractivity contribution in [3.8, 4) is 17.2 Å². The monoisotopic (exact) mass is 427 g/mol. The molecule has 0 bridgehead atoms. The predicted molar refractivity (Wildman–Crippen MR) is 112 cm³/mol. The minimum absolute atomic E-state index is 0.0391. The Hall–Kier alpha value is -2.45. The topological polar surface area (TPSA) is 86.9 Å². The molecule has 0 aliphatic carbocycles. The van der Waals surface area contributed by atoms with Crippen LogP contribution in [0.3, 0.4) is 0 Å². The summed E-state index contributed by atoms with van der Waals surface area (Å²) in [6.07, 6.45) is 4.24. The average molecular weight is 428 g/mol. The summed E-state index contributed by atoms with van der Waals surface area (Å²) in [6.45, 7) is 4.17. The number of ether oxygens (including phenoxy) is 3. The Kier molecular flexibility index (Phi) is 6.18. The van der Waals surface area contributed by atoms with E-state index >= 15 is 0 Å². The molecule has 1 unspecified atom stereocenters. The highest BCUT2D eigenvalue weighted by atomic mass is 16.5. The maximum absolute atomic E-state index is 12.8. The summed E-state index contributed by atoms with van der Waals surface area (Å²) in [4.78, 5) is 19.4. The van der Waals surface area contributed by atoms with Gasteiger partial charge in [0.1, 0.15) is 11.9 Å². The summed E-state index contributed by atoms with van der Waals surface area (Å²) in [6, 6.07) is 7.75. The normalized spacial score (nSPS) is 23.2. The van der Waals surface area contributed by atoms with Crippen LogP contribution in [-0.2, 0) is 14.3 Å². The molecule has 1 atom stereocenters. The number of hydrogen-bond donors (Lipinski definition) is 0. The van der Waals surface area contributed by atoms with Gasteiger partial charge in [-0.3, -0.25) is 4.79 Å². The lowest BCUT2D eigenvalue weighted by molar-refractivity contribution is -0.137. The molecule has 0 radical (unpaired) electrons. The summed E-state index contributed by atoms with van der Waals surface area (Å²) >= 11 is 0. The Morgan fingerprint density at radius 1 is 1.00 bits per heavy atom. The van der Waals surface area contributed by atoms with Crippen LogP contribution in [0, 0.1) is 5.92 Å². The van der Waals surface area contributed by atoms with Gasteiger partial charge in [0.05, 0.1) is 12.1 Å². The number of para-hydroxylation sites is 1. The zero-order valence-corrected chi connectivity index (χ0v) is 17.7.